The van der Waals surface area contributed by atoms with E-state index in [2.05, 4.69) is 10.2 Å². The van der Waals surface area contributed by atoms with Crippen molar-refractivity contribution in [3.8, 4) is 5.75 Å². The van der Waals surface area contributed by atoms with Crippen LogP contribution in [0.15, 0.2) is 30.3 Å². The fourth-order valence-electron chi connectivity index (χ4n) is 3.02. The summed E-state index contributed by atoms with van der Waals surface area (Å²) in [4.78, 5) is 27.4. The Labute approximate surface area is 136 Å². The molecule has 0 radical (unpaired) electrons. The fraction of sp³-hybridized carbons (Fsp3) is 0.529. The Morgan fingerprint density at radius 3 is 2.61 bits per heavy atom. The lowest BCUT2D eigenvalue weighted by molar-refractivity contribution is -0.139. The second-order valence-corrected chi connectivity index (χ2v) is 6.07. The average molecular weight is 317 g/mol. The van der Waals surface area contributed by atoms with Gasteiger partial charge in [0, 0.05) is 26.2 Å². The summed E-state index contributed by atoms with van der Waals surface area (Å²) in [6.07, 6.45) is 2.05. The van der Waals surface area contributed by atoms with Crippen LogP contribution in [0.4, 0.5) is 0 Å². The molecule has 124 valence electrons. The first-order chi connectivity index (χ1) is 11.2. The van der Waals surface area contributed by atoms with Crippen LogP contribution in [0.25, 0.3) is 0 Å². The average Bonchev–Trinajstić information content (AvgIpc) is 2.57. The molecule has 0 aliphatic carbocycles. The number of benzene rings is 1. The maximum absolute atomic E-state index is 12.3. The summed E-state index contributed by atoms with van der Waals surface area (Å²) >= 11 is 0. The lowest BCUT2D eigenvalue weighted by Crippen LogP contribution is -2.53. The number of piperazine rings is 1. The Bertz CT molecular complexity index is 541. The number of hydrogen-bond donors (Lipinski definition) is 1. The molecular weight excluding hydrogens is 294 g/mol. The van der Waals surface area contributed by atoms with E-state index in [0.717, 1.165) is 31.7 Å². The highest BCUT2D eigenvalue weighted by molar-refractivity contribution is 5.86. The van der Waals surface area contributed by atoms with E-state index in [-0.39, 0.29) is 24.5 Å². The maximum Gasteiger partial charge on any atom is 0.239 e. The van der Waals surface area contributed by atoms with Crippen LogP contribution in [0.2, 0.25) is 0 Å². The highest BCUT2D eigenvalue weighted by Gasteiger charge is 2.26. The van der Waals surface area contributed by atoms with Crippen molar-refractivity contribution < 1.29 is 14.3 Å². The van der Waals surface area contributed by atoms with E-state index in [1.165, 1.54) is 0 Å². The Kier molecular flexibility index (Phi) is 5.12. The number of carbonyl (C=O) groups is 2. The van der Waals surface area contributed by atoms with Gasteiger partial charge in [-0.3, -0.25) is 14.5 Å². The van der Waals surface area contributed by atoms with Gasteiger partial charge >= 0.3 is 0 Å². The number of rotatable bonds is 4. The van der Waals surface area contributed by atoms with Crippen LogP contribution in [0, 0.1) is 0 Å². The van der Waals surface area contributed by atoms with Crippen LogP contribution in [0.1, 0.15) is 12.8 Å². The third-order valence-electron chi connectivity index (χ3n) is 4.33. The third kappa shape index (κ3) is 4.45. The molecule has 1 aromatic carbocycles. The molecule has 2 saturated heterocycles. The maximum atomic E-state index is 12.3. The van der Waals surface area contributed by atoms with E-state index < -0.39 is 0 Å². The quantitative estimate of drug-likeness (QED) is 0.878. The highest BCUT2D eigenvalue weighted by atomic mass is 16.5. The van der Waals surface area contributed by atoms with Gasteiger partial charge in [-0.1, -0.05) is 18.2 Å². The molecule has 3 rings (SSSR count). The molecular formula is C17H23N3O3. The standard InChI is InChI=1S/C17H23N3O3/c21-16-12-20(11-8-18-16)17(22)13-19-9-6-15(7-10-19)23-14-4-2-1-3-5-14/h1-5,15H,6-13H2,(H,18,21). The van der Waals surface area contributed by atoms with Crippen LogP contribution >= 0.6 is 0 Å². The molecule has 1 N–H and O–H groups in total. The minimum atomic E-state index is -0.0698. The van der Waals surface area contributed by atoms with E-state index in [1.54, 1.807) is 4.90 Å². The van der Waals surface area contributed by atoms with Gasteiger partial charge in [0.1, 0.15) is 11.9 Å². The number of likely N-dealkylation sites (tertiary alicyclic amines) is 1. The van der Waals surface area contributed by atoms with Crippen molar-refractivity contribution in [1.29, 1.82) is 0 Å². The summed E-state index contributed by atoms with van der Waals surface area (Å²) < 4.78 is 5.96. The van der Waals surface area contributed by atoms with Crippen molar-refractivity contribution in [3.63, 3.8) is 0 Å². The van der Waals surface area contributed by atoms with E-state index in [4.69, 9.17) is 4.74 Å². The topological polar surface area (TPSA) is 61.9 Å². The smallest absolute Gasteiger partial charge is 0.239 e. The number of nitrogens with one attached hydrogen (secondary N) is 1. The summed E-state index contributed by atoms with van der Waals surface area (Å²) in [7, 11) is 0. The van der Waals surface area contributed by atoms with Gasteiger partial charge in [0.2, 0.25) is 11.8 Å². The van der Waals surface area contributed by atoms with Crippen LogP contribution in [0.5, 0.6) is 5.75 Å². The predicted octanol–water partition coefficient (Wildman–Crippen LogP) is 0.488. The number of ether oxygens (including phenoxy) is 1. The lowest BCUT2D eigenvalue weighted by Gasteiger charge is -2.34. The third-order valence-corrected chi connectivity index (χ3v) is 4.33. The molecule has 0 unspecified atom stereocenters. The first-order valence-corrected chi connectivity index (χ1v) is 8.19. The first-order valence-electron chi connectivity index (χ1n) is 8.19. The van der Waals surface area contributed by atoms with Gasteiger partial charge in [-0.25, -0.2) is 0 Å². The molecule has 2 aliphatic rings. The molecule has 2 fully saturated rings. The van der Waals surface area contributed by atoms with E-state index in [9.17, 15) is 9.59 Å². The molecule has 6 nitrogen and oxygen atoms in total. The Hall–Kier alpha value is -2.08. The van der Waals surface area contributed by atoms with Crippen molar-refractivity contribution >= 4 is 11.8 Å². The van der Waals surface area contributed by atoms with Gasteiger partial charge in [-0.2, -0.15) is 0 Å². The van der Waals surface area contributed by atoms with Crippen LogP contribution in [0.3, 0.4) is 0 Å². The van der Waals surface area contributed by atoms with Crippen LogP contribution in [-0.2, 0) is 9.59 Å². The van der Waals surface area contributed by atoms with Crippen LogP contribution in [-0.4, -0.2) is 67.0 Å². The molecule has 0 spiro atoms. The number of piperidine rings is 1. The zero-order valence-corrected chi connectivity index (χ0v) is 13.2. The molecule has 6 heteroatoms. The normalized spacial score (nSPS) is 20.2. The summed E-state index contributed by atoms with van der Waals surface area (Å²) in [5.41, 5.74) is 0. The van der Waals surface area contributed by atoms with Crippen molar-refractivity contribution in [1.82, 2.24) is 15.1 Å². The van der Waals surface area contributed by atoms with Crippen molar-refractivity contribution in [2.45, 2.75) is 18.9 Å². The van der Waals surface area contributed by atoms with E-state index in [1.807, 2.05) is 30.3 Å². The SMILES string of the molecule is O=C1CN(C(=O)CN2CCC(Oc3ccccc3)CC2)CCN1. The highest BCUT2D eigenvalue weighted by Crippen LogP contribution is 2.18. The van der Waals surface area contributed by atoms with Crippen molar-refractivity contribution in [2.75, 3.05) is 39.3 Å². The number of hydrogen-bond acceptors (Lipinski definition) is 4. The van der Waals surface area contributed by atoms with Gasteiger partial charge in [-0.05, 0) is 25.0 Å². The molecule has 2 aliphatic heterocycles. The Morgan fingerprint density at radius 2 is 1.91 bits per heavy atom. The second kappa shape index (κ2) is 7.46. The molecule has 1 aromatic rings. The van der Waals surface area contributed by atoms with Crippen LogP contribution < -0.4 is 10.1 Å². The number of amides is 2. The van der Waals surface area contributed by atoms with Gasteiger partial charge in [0.05, 0.1) is 13.1 Å². The van der Waals surface area contributed by atoms with Gasteiger partial charge in [0.15, 0.2) is 0 Å². The fourth-order valence-corrected chi connectivity index (χ4v) is 3.02. The molecule has 0 saturated carbocycles. The molecule has 2 heterocycles. The van der Waals surface area contributed by atoms with Crippen molar-refractivity contribution in [2.24, 2.45) is 0 Å². The van der Waals surface area contributed by atoms with Gasteiger partial charge in [0.25, 0.3) is 0 Å². The summed E-state index contributed by atoms with van der Waals surface area (Å²) in [5.74, 6) is 0.878. The van der Waals surface area contributed by atoms with E-state index >= 15 is 0 Å². The zero-order chi connectivity index (χ0) is 16.1. The first kappa shape index (κ1) is 15.8. The Morgan fingerprint density at radius 1 is 1.17 bits per heavy atom. The molecule has 23 heavy (non-hydrogen) atoms. The molecule has 0 atom stereocenters. The number of para-hydroxylation sites is 1. The predicted molar refractivity (Wildman–Crippen MR) is 86.1 cm³/mol. The number of carbonyl (C=O) groups excluding carboxylic acids is 2. The lowest BCUT2D eigenvalue weighted by atomic mass is 10.1. The van der Waals surface area contributed by atoms with Crippen molar-refractivity contribution in [3.05, 3.63) is 30.3 Å². The monoisotopic (exact) mass is 317 g/mol. The summed E-state index contributed by atoms with van der Waals surface area (Å²) in [6, 6.07) is 9.85. The molecule has 0 bridgehead atoms. The van der Waals surface area contributed by atoms with E-state index in [0.29, 0.717) is 19.6 Å². The number of nitrogens with zero attached hydrogens (tertiary/aromatic N) is 2. The second-order valence-electron chi connectivity index (χ2n) is 6.07. The zero-order valence-electron chi connectivity index (χ0n) is 13.2. The molecule has 2 amide bonds. The van der Waals surface area contributed by atoms with Gasteiger partial charge in [-0.15, -0.1) is 0 Å². The summed E-state index contributed by atoms with van der Waals surface area (Å²) in [6.45, 7) is 3.44. The minimum Gasteiger partial charge on any atom is -0.490 e. The largest absolute Gasteiger partial charge is 0.490 e. The minimum absolute atomic E-state index is 0.0438. The van der Waals surface area contributed by atoms with Gasteiger partial charge < -0.3 is 15.0 Å². The summed E-state index contributed by atoms with van der Waals surface area (Å²) in [5, 5.41) is 2.74. The molecule has 0 aromatic heterocycles. The Balaban J connectivity index is 1.42.